The van der Waals surface area contributed by atoms with E-state index in [1.165, 1.54) is 0 Å². The van der Waals surface area contributed by atoms with E-state index in [4.69, 9.17) is 9.68 Å². The third-order valence-electron chi connectivity index (χ3n) is 2.67. The van der Waals surface area contributed by atoms with Gasteiger partial charge in [0.15, 0.2) is 5.58 Å². The van der Waals surface area contributed by atoms with Crippen LogP contribution in [0.1, 0.15) is 11.5 Å². The molecule has 0 unspecified atom stereocenters. The summed E-state index contributed by atoms with van der Waals surface area (Å²) in [6.45, 7) is 1.88. The fourth-order valence-corrected chi connectivity index (χ4v) is 1.91. The molecule has 0 saturated carbocycles. The van der Waals surface area contributed by atoms with Gasteiger partial charge in [0, 0.05) is 17.8 Å². The molecule has 0 saturated heterocycles. The number of rotatable bonds is 1. The first-order valence-corrected chi connectivity index (χ1v) is 5.50. The van der Waals surface area contributed by atoms with E-state index in [2.05, 4.69) is 9.97 Å². The Kier molecular flexibility index (Phi) is 2.31. The molecule has 3 aromatic rings. The van der Waals surface area contributed by atoms with Crippen molar-refractivity contribution in [3.05, 3.63) is 48.0 Å². The molecule has 0 fully saturated rings. The fourth-order valence-electron chi connectivity index (χ4n) is 1.91. The zero-order valence-electron chi connectivity index (χ0n) is 9.71. The number of nitriles is 1. The Balaban J connectivity index is 2.28. The van der Waals surface area contributed by atoms with Gasteiger partial charge in [-0.05, 0) is 25.1 Å². The van der Waals surface area contributed by atoms with E-state index in [0.717, 1.165) is 22.5 Å². The van der Waals surface area contributed by atoms with Crippen molar-refractivity contribution < 1.29 is 4.42 Å². The van der Waals surface area contributed by atoms with E-state index < -0.39 is 0 Å². The van der Waals surface area contributed by atoms with Crippen molar-refractivity contribution in [2.45, 2.75) is 6.92 Å². The molecule has 0 spiro atoms. The van der Waals surface area contributed by atoms with Gasteiger partial charge in [0.1, 0.15) is 23.0 Å². The topological polar surface area (TPSA) is 62.7 Å². The van der Waals surface area contributed by atoms with Crippen LogP contribution in [0.2, 0.25) is 0 Å². The minimum absolute atomic E-state index is 0.390. The van der Waals surface area contributed by atoms with Gasteiger partial charge in [-0.15, -0.1) is 0 Å². The van der Waals surface area contributed by atoms with Crippen molar-refractivity contribution >= 4 is 11.1 Å². The summed E-state index contributed by atoms with van der Waals surface area (Å²) < 4.78 is 5.64. The summed E-state index contributed by atoms with van der Waals surface area (Å²) in [6.07, 6.45) is 1.72. The van der Waals surface area contributed by atoms with Crippen LogP contribution in [0.25, 0.3) is 22.4 Å². The van der Waals surface area contributed by atoms with Gasteiger partial charge in [0.2, 0.25) is 0 Å². The van der Waals surface area contributed by atoms with E-state index in [0.29, 0.717) is 11.3 Å². The van der Waals surface area contributed by atoms with E-state index in [-0.39, 0.29) is 0 Å². The number of nitrogens with zero attached hydrogens (tertiary/aromatic N) is 3. The second-order valence-electron chi connectivity index (χ2n) is 3.95. The zero-order chi connectivity index (χ0) is 12.5. The second-order valence-corrected chi connectivity index (χ2v) is 3.95. The molecule has 0 aliphatic carbocycles. The normalized spacial score (nSPS) is 10.4. The molecule has 0 aliphatic rings. The maximum Gasteiger partial charge on any atom is 0.162 e. The largest absolute Gasteiger partial charge is 0.459 e. The van der Waals surface area contributed by atoms with Crippen molar-refractivity contribution in [2.24, 2.45) is 0 Å². The molecular formula is C14H9N3O. The monoisotopic (exact) mass is 235 g/mol. The molecule has 0 radical (unpaired) electrons. The van der Waals surface area contributed by atoms with Crippen LogP contribution < -0.4 is 0 Å². The number of fused-ring (bicyclic) bond motifs is 1. The van der Waals surface area contributed by atoms with Gasteiger partial charge in [0.05, 0.1) is 5.69 Å². The van der Waals surface area contributed by atoms with Crippen LogP contribution in [-0.2, 0) is 0 Å². The highest BCUT2D eigenvalue weighted by Crippen LogP contribution is 2.28. The summed E-state index contributed by atoms with van der Waals surface area (Å²) in [5, 5.41) is 8.88. The molecule has 3 aromatic heterocycles. The predicted molar refractivity (Wildman–Crippen MR) is 66.7 cm³/mol. The molecule has 18 heavy (non-hydrogen) atoms. The number of hydrogen-bond donors (Lipinski definition) is 0. The second kappa shape index (κ2) is 3.97. The first-order chi connectivity index (χ1) is 8.78. The summed E-state index contributed by atoms with van der Waals surface area (Å²) in [5.74, 6) is 0.807. The number of furan rings is 1. The number of aromatic nitrogens is 2. The van der Waals surface area contributed by atoms with Gasteiger partial charge in [-0.1, -0.05) is 6.07 Å². The molecule has 4 nitrogen and oxygen atoms in total. The van der Waals surface area contributed by atoms with Gasteiger partial charge in [-0.25, -0.2) is 4.98 Å². The van der Waals surface area contributed by atoms with E-state index in [1.54, 1.807) is 12.3 Å². The van der Waals surface area contributed by atoms with Gasteiger partial charge >= 0.3 is 0 Å². The molecule has 0 bridgehead atoms. The Hall–Kier alpha value is -2.67. The van der Waals surface area contributed by atoms with Crippen LogP contribution in [0.5, 0.6) is 0 Å². The smallest absolute Gasteiger partial charge is 0.162 e. The maximum atomic E-state index is 8.88. The van der Waals surface area contributed by atoms with Crippen LogP contribution in [0.3, 0.4) is 0 Å². The molecule has 0 aromatic carbocycles. The third-order valence-corrected chi connectivity index (χ3v) is 2.67. The highest BCUT2D eigenvalue weighted by atomic mass is 16.3. The van der Waals surface area contributed by atoms with Crippen molar-refractivity contribution in [3.63, 3.8) is 0 Å². The Morgan fingerprint density at radius 3 is 3.00 bits per heavy atom. The average Bonchev–Trinajstić information content (AvgIpc) is 2.78. The van der Waals surface area contributed by atoms with E-state index >= 15 is 0 Å². The van der Waals surface area contributed by atoms with E-state index in [9.17, 15) is 0 Å². The zero-order valence-corrected chi connectivity index (χ0v) is 9.71. The minimum Gasteiger partial charge on any atom is -0.459 e. The quantitative estimate of drug-likeness (QED) is 0.650. The molecule has 0 atom stereocenters. The maximum absolute atomic E-state index is 8.88. The summed E-state index contributed by atoms with van der Waals surface area (Å²) >= 11 is 0. The first kappa shape index (κ1) is 10.5. The summed E-state index contributed by atoms with van der Waals surface area (Å²) in [6, 6.07) is 11.1. The Morgan fingerprint density at radius 1 is 1.28 bits per heavy atom. The van der Waals surface area contributed by atoms with E-state index in [1.807, 2.05) is 37.3 Å². The van der Waals surface area contributed by atoms with Gasteiger partial charge < -0.3 is 4.42 Å². The Bertz CT molecular complexity index is 768. The lowest BCUT2D eigenvalue weighted by atomic mass is 10.1. The summed E-state index contributed by atoms with van der Waals surface area (Å²) in [5.41, 5.74) is 3.47. The molecule has 0 amide bonds. The molecule has 86 valence electrons. The van der Waals surface area contributed by atoms with Crippen LogP contribution >= 0.6 is 0 Å². The SMILES string of the molecule is Cc1cc2nccc(-c3cccc(C#N)n3)c2o1. The highest BCUT2D eigenvalue weighted by molar-refractivity contribution is 5.89. The predicted octanol–water partition coefficient (Wildman–Crippen LogP) is 3.07. The van der Waals surface area contributed by atoms with Crippen molar-refractivity contribution in [1.29, 1.82) is 5.26 Å². The number of aryl methyl sites for hydroxylation is 1. The summed E-state index contributed by atoms with van der Waals surface area (Å²) in [4.78, 5) is 8.52. The first-order valence-electron chi connectivity index (χ1n) is 5.50. The van der Waals surface area contributed by atoms with Crippen LogP contribution in [-0.4, -0.2) is 9.97 Å². The number of pyridine rings is 2. The molecule has 4 heteroatoms. The lowest BCUT2D eigenvalue weighted by Gasteiger charge is -2.01. The van der Waals surface area contributed by atoms with Gasteiger partial charge in [-0.3, -0.25) is 4.98 Å². The lowest BCUT2D eigenvalue weighted by molar-refractivity contribution is 0.579. The Morgan fingerprint density at radius 2 is 2.17 bits per heavy atom. The standard InChI is InChI=1S/C14H9N3O/c1-9-7-13-14(18-9)11(5-6-16-13)12-4-2-3-10(8-15)17-12/h2-7H,1H3. The Labute approximate surface area is 104 Å². The van der Waals surface area contributed by atoms with Crippen LogP contribution in [0, 0.1) is 18.3 Å². The molecule has 0 aliphatic heterocycles. The van der Waals surface area contributed by atoms with Crippen molar-refractivity contribution in [2.75, 3.05) is 0 Å². The van der Waals surface area contributed by atoms with Crippen LogP contribution in [0.15, 0.2) is 40.9 Å². The van der Waals surface area contributed by atoms with Crippen molar-refractivity contribution in [3.8, 4) is 17.3 Å². The molecule has 3 heterocycles. The molecule has 0 N–H and O–H groups in total. The molecular weight excluding hydrogens is 226 g/mol. The molecule has 3 rings (SSSR count). The highest BCUT2D eigenvalue weighted by Gasteiger charge is 2.10. The van der Waals surface area contributed by atoms with Crippen molar-refractivity contribution in [1.82, 2.24) is 9.97 Å². The summed E-state index contributed by atoms with van der Waals surface area (Å²) in [7, 11) is 0. The van der Waals surface area contributed by atoms with Gasteiger partial charge in [-0.2, -0.15) is 5.26 Å². The van der Waals surface area contributed by atoms with Crippen LogP contribution in [0.4, 0.5) is 0 Å². The fraction of sp³-hybridized carbons (Fsp3) is 0.0714. The number of hydrogen-bond acceptors (Lipinski definition) is 4. The van der Waals surface area contributed by atoms with Gasteiger partial charge in [0.25, 0.3) is 0 Å². The minimum atomic E-state index is 0.390. The lowest BCUT2D eigenvalue weighted by Crippen LogP contribution is -1.88. The third kappa shape index (κ3) is 1.62. The average molecular weight is 235 g/mol.